The second-order valence-corrected chi connectivity index (χ2v) is 7.11. The van der Waals surface area contributed by atoms with E-state index in [4.69, 9.17) is 9.47 Å². The van der Waals surface area contributed by atoms with Crippen LogP contribution >= 0.6 is 0 Å². The Morgan fingerprint density at radius 2 is 1.77 bits per heavy atom. The number of rotatable bonds is 6. The number of amides is 1. The summed E-state index contributed by atoms with van der Waals surface area (Å²) in [5.74, 6) is 0.888. The van der Waals surface area contributed by atoms with Crippen LogP contribution in [0.3, 0.4) is 0 Å². The number of para-hydroxylation sites is 3. The Bertz CT molecular complexity index is 979. The molecule has 154 valence electrons. The molecule has 1 amide bonds. The van der Waals surface area contributed by atoms with Crippen molar-refractivity contribution in [3.8, 4) is 11.5 Å². The molecule has 3 aromatic rings. The van der Waals surface area contributed by atoms with Gasteiger partial charge in [0.25, 0.3) is 0 Å². The predicted molar refractivity (Wildman–Crippen MR) is 113 cm³/mol. The molecule has 0 saturated carbocycles. The number of nitrogens with one attached hydrogen (secondary N) is 1. The van der Waals surface area contributed by atoms with Crippen molar-refractivity contribution >= 4 is 11.6 Å². The van der Waals surface area contributed by atoms with Crippen LogP contribution in [-0.4, -0.2) is 37.0 Å². The van der Waals surface area contributed by atoms with Gasteiger partial charge in [0.05, 0.1) is 24.9 Å². The monoisotopic (exact) mass is 406 g/mol. The molecule has 1 heterocycles. The van der Waals surface area contributed by atoms with Gasteiger partial charge < -0.3 is 14.8 Å². The van der Waals surface area contributed by atoms with E-state index in [2.05, 4.69) is 5.32 Å². The van der Waals surface area contributed by atoms with Gasteiger partial charge in [0.15, 0.2) is 5.75 Å². The average Bonchev–Trinajstić information content (AvgIpc) is 2.76. The molecule has 0 spiro atoms. The highest BCUT2D eigenvalue weighted by Gasteiger charge is 2.23. The highest BCUT2D eigenvalue weighted by molar-refractivity contribution is 5.93. The minimum Gasteiger partial charge on any atom is -0.455 e. The number of hydrogen-bond acceptors (Lipinski definition) is 4. The van der Waals surface area contributed by atoms with E-state index in [-0.39, 0.29) is 24.4 Å². The van der Waals surface area contributed by atoms with E-state index >= 15 is 0 Å². The maximum atomic E-state index is 13.2. The zero-order valence-corrected chi connectivity index (χ0v) is 16.5. The van der Waals surface area contributed by atoms with Crippen molar-refractivity contribution in [3.63, 3.8) is 0 Å². The van der Waals surface area contributed by atoms with E-state index < -0.39 is 0 Å². The van der Waals surface area contributed by atoms with Crippen LogP contribution in [-0.2, 0) is 9.53 Å². The third-order valence-corrected chi connectivity index (χ3v) is 4.89. The van der Waals surface area contributed by atoms with Crippen LogP contribution in [0.4, 0.5) is 10.1 Å². The third kappa shape index (κ3) is 5.23. The number of ether oxygens (including phenoxy) is 2. The lowest BCUT2D eigenvalue weighted by molar-refractivity contribution is -0.119. The first-order chi connectivity index (χ1) is 14.7. The number of carbonyl (C=O) groups excluding carboxylic acids is 1. The van der Waals surface area contributed by atoms with Crippen molar-refractivity contribution < 1.29 is 18.7 Å². The lowest BCUT2D eigenvalue weighted by Crippen LogP contribution is -2.42. The van der Waals surface area contributed by atoms with Gasteiger partial charge in [-0.05, 0) is 42.0 Å². The van der Waals surface area contributed by atoms with Gasteiger partial charge >= 0.3 is 0 Å². The second-order valence-electron chi connectivity index (χ2n) is 7.11. The maximum absolute atomic E-state index is 13.2. The Labute approximate surface area is 175 Å². The molecule has 0 bridgehead atoms. The van der Waals surface area contributed by atoms with Gasteiger partial charge in [-0.15, -0.1) is 0 Å². The Hall–Kier alpha value is -3.22. The zero-order chi connectivity index (χ0) is 20.8. The molecule has 1 unspecified atom stereocenters. The molecule has 1 fully saturated rings. The molecular weight excluding hydrogens is 383 g/mol. The number of anilines is 1. The Balaban J connectivity index is 1.37. The van der Waals surface area contributed by atoms with Crippen molar-refractivity contribution in [1.29, 1.82) is 0 Å². The molecular formula is C24H23FN2O3. The van der Waals surface area contributed by atoms with E-state index in [0.717, 1.165) is 5.56 Å². The molecule has 6 heteroatoms. The first-order valence-corrected chi connectivity index (χ1v) is 9.88. The second kappa shape index (κ2) is 9.52. The van der Waals surface area contributed by atoms with Crippen LogP contribution in [0.5, 0.6) is 11.5 Å². The van der Waals surface area contributed by atoms with Gasteiger partial charge in [-0.1, -0.05) is 42.5 Å². The van der Waals surface area contributed by atoms with Crippen LogP contribution < -0.4 is 10.1 Å². The molecule has 5 nitrogen and oxygen atoms in total. The predicted octanol–water partition coefficient (Wildman–Crippen LogP) is 4.63. The fourth-order valence-electron chi connectivity index (χ4n) is 3.39. The molecule has 0 aliphatic carbocycles. The third-order valence-electron chi connectivity index (χ3n) is 4.89. The first kappa shape index (κ1) is 20.1. The van der Waals surface area contributed by atoms with Crippen LogP contribution in [0.1, 0.15) is 11.7 Å². The van der Waals surface area contributed by atoms with Crippen molar-refractivity contribution in [3.05, 3.63) is 90.2 Å². The van der Waals surface area contributed by atoms with E-state index in [1.54, 1.807) is 12.1 Å². The highest BCUT2D eigenvalue weighted by atomic mass is 19.1. The summed E-state index contributed by atoms with van der Waals surface area (Å²) < 4.78 is 24.9. The molecule has 1 N–H and O–H groups in total. The fraction of sp³-hybridized carbons (Fsp3) is 0.208. The summed E-state index contributed by atoms with van der Waals surface area (Å²) in [6, 6.07) is 23.1. The minimum atomic E-state index is -0.276. The highest BCUT2D eigenvalue weighted by Crippen LogP contribution is 2.29. The Kier molecular flexibility index (Phi) is 6.37. The fourth-order valence-corrected chi connectivity index (χ4v) is 3.39. The van der Waals surface area contributed by atoms with Gasteiger partial charge in [0.2, 0.25) is 5.91 Å². The van der Waals surface area contributed by atoms with Crippen LogP contribution in [0, 0.1) is 5.82 Å². The topological polar surface area (TPSA) is 50.8 Å². The van der Waals surface area contributed by atoms with Crippen LogP contribution in [0.2, 0.25) is 0 Å². The molecule has 1 aliphatic heterocycles. The number of benzene rings is 3. The maximum Gasteiger partial charge on any atom is 0.238 e. The summed E-state index contributed by atoms with van der Waals surface area (Å²) >= 11 is 0. The van der Waals surface area contributed by atoms with E-state index in [1.807, 2.05) is 59.5 Å². The van der Waals surface area contributed by atoms with Crippen LogP contribution in [0.15, 0.2) is 78.9 Å². The Morgan fingerprint density at radius 3 is 2.57 bits per heavy atom. The number of nitrogens with zero attached hydrogens (tertiary/aromatic N) is 1. The van der Waals surface area contributed by atoms with E-state index in [0.29, 0.717) is 36.9 Å². The van der Waals surface area contributed by atoms with Gasteiger partial charge in [-0.25, -0.2) is 4.39 Å². The summed E-state index contributed by atoms with van der Waals surface area (Å²) in [5, 5.41) is 2.94. The van der Waals surface area contributed by atoms with E-state index in [9.17, 15) is 9.18 Å². The average molecular weight is 406 g/mol. The van der Waals surface area contributed by atoms with Crippen molar-refractivity contribution in [2.45, 2.75) is 6.10 Å². The molecule has 30 heavy (non-hydrogen) atoms. The molecule has 1 aliphatic rings. The number of halogens is 1. The molecule has 4 rings (SSSR count). The smallest absolute Gasteiger partial charge is 0.238 e. The van der Waals surface area contributed by atoms with Gasteiger partial charge in [-0.2, -0.15) is 0 Å². The Morgan fingerprint density at radius 1 is 1.03 bits per heavy atom. The van der Waals surface area contributed by atoms with E-state index in [1.165, 1.54) is 12.1 Å². The lowest BCUT2D eigenvalue weighted by Gasteiger charge is -2.32. The quantitative estimate of drug-likeness (QED) is 0.649. The molecule has 3 aromatic carbocycles. The standard InChI is InChI=1S/C24H23FN2O3/c25-19-12-10-18(11-13-19)23-16-27(14-15-29-23)17-24(28)26-21-8-4-5-9-22(21)30-20-6-2-1-3-7-20/h1-13,23H,14-17H2,(H,26,28). The molecule has 1 saturated heterocycles. The lowest BCUT2D eigenvalue weighted by atomic mass is 10.1. The summed E-state index contributed by atoms with van der Waals surface area (Å²) in [5.41, 5.74) is 1.53. The minimum absolute atomic E-state index is 0.126. The number of carbonyl (C=O) groups is 1. The van der Waals surface area contributed by atoms with Crippen molar-refractivity contribution in [2.24, 2.45) is 0 Å². The molecule has 0 aromatic heterocycles. The zero-order valence-electron chi connectivity index (χ0n) is 16.5. The van der Waals surface area contributed by atoms with Crippen LogP contribution in [0.25, 0.3) is 0 Å². The summed E-state index contributed by atoms with van der Waals surface area (Å²) in [6.45, 7) is 1.98. The number of hydrogen-bond donors (Lipinski definition) is 1. The van der Waals surface area contributed by atoms with Crippen molar-refractivity contribution in [2.75, 3.05) is 31.6 Å². The molecule has 1 atom stereocenters. The summed E-state index contributed by atoms with van der Waals surface area (Å²) in [4.78, 5) is 14.7. The largest absolute Gasteiger partial charge is 0.455 e. The van der Waals surface area contributed by atoms with Crippen molar-refractivity contribution in [1.82, 2.24) is 4.90 Å². The summed E-state index contributed by atoms with van der Waals surface area (Å²) in [7, 11) is 0. The van der Waals surface area contributed by atoms with Gasteiger partial charge in [0, 0.05) is 13.1 Å². The first-order valence-electron chi connectivity index (χ1n) is 9.88. The van der Waals surface area contributed by atoms with Gasteiger partial charge in [-0.3, -0.25) is 9.69 Å². The SMILES string of the molecule is O=C(CN1CCOC(c2ccc(F)cc2)C1)Nc1ccccc1Oc1ccccc1. The number of morpholine rings is 1. The normalized spacial score (nSPS) is 16.8. The van der Waals surface area contributed by atoms with Gasteiger partial charge in [0.1, 0.15) is 11.6 Å². The molecule has 0 radical (unpaired) electrons. The summed E-state index contributed by atoms with van der Waals surface area (Å²) in [6.07, 6.45) is -0.180.